The van der Waals surface area contributed by atoms with Crippen molar-refractivity contribution in [3.05, 3.63) is 11.1 Å². The van der Waals surface area contributed by atoms with Crippen LogP contribution in [0.3, 0.4) is 0 Å². The van der Waals surface area contributed by atoms with Crippen molar-refractivity contribution in [2.45, 2.75) is 66.2 Å². The van der Waals surface area contributed by atoms with E-state index in [0.717, 1.165) is 12.8 Å². The summed E-state index contributed by atoms with van der Waals surface area (Å²) in [5, 5.41) is 0. The summed E-state index contributed by atoms with van der Waals surface area (Å²) in [5.41, 5.74) is 2.98. The molecule has 0 amide bonds. The van der Waals surface area contributed by atoms with E-state index in [1.165, 1.54) is 36.8 Å². The summed E-state index contributed by atoms with van der Waals surface area (Å²) in [6.45, 7) is 8.23. The SMILES string of the molecule is CC(=O)CCCCCCC(C)=C(C)C. The van der Waals surface area contributed by atoms with Gasteiger partial charge in [0.2, 0.25) is 0 Å². The Balaban J connectivity index is 3.31. The molecular formula is C13H24O. The fourth-order valence-corrected chi connectivity index (χ4v) is 1.37. The van der Waals surface area contributed by atoms with E-state index in [9.17, 15) is 4.79 Å². The predicted octanol–water partition coefficient (Wildman–Crippen LogP) is 4.27. The number of Topliss-reactive ketones (excluding diaryl/α,β-unsaturated/α-hetero) is 1. The second-order valence-electron chi connectivity index (χ2n) is 4.40. The molecule has 0 aliphatic heterocycles. The monoisotopic (exact) mass is 196 g/mol. The van der Waals surface area contributed by atoms with E-state index >= 15 is 0 Å². The molecule has 0 spiro atoms. The summed E-state index contributed by atoms with van der Waals surface area (Å²) in [7, 11) is 0. The molecule has 82 valence electrons. The van der Waals surface area contributed by atoms with Crippen molar-refractivity contribution in [2.24, 2.45) is 0 Å². The van der Waals surface area contributed by atoms with Gasteiger partial charge in [0.1, 0.15) is 5.78 Å². The Morgan fingerprint density at radius 3 is 1.71 bits per heavy atom. The van der Waals surface area contributed by atoms with Gasteiger partial charge >= 0.3 is 0 Å². The highest BCUT2D eigenvalue weighted by Gasteiger charge is 1.95. The van der Waals surface area contributed by atoms with Crippen molar-refractivity contribution in [2.75, 3.05) is 0 Å². The smallest absolute Gasteiger partial charge is 0.129 e. The topological polar surface area (TPSA) is 17.1 Å². The molecule has 0 saturated heterocycles. The van der Waals surface area contributed by atoms with E-state index in [4.69, 9.17) is 0 Å². The first-order valence-electron chi connectivity index (χ1n) is 5.66. The van der Waals surface area contributed by atoms with Crippen LogP contribution in [0.2, 0.25) is 0 Å². The number of allylic oxidation sites excluding steroid dienone is 2. The van der Waals surface area contributed by atoms with Gasteiger partial charge in [0.25, 0.3) is 0 Å². The van der Waals surface area contributed by atoms with E-state index in [1.807, 2.05) is 0 Å². The molecule has 0 aromatic carbocycles. The van der Waals surface area contributed by atoms with Gasteiger partial charge in [-0.3, -0.25) is 0 Å². The summed E-state index contributed by atoms with van der Waals surface area (Å²) < 4.78 is 0. The molecule has 0 aromatic heterocycles. The minimum atomic E-state index is 0.325. The van der Waals surface area contributed by atoms with E-state index in [-0.39, 0.29) is 0 Å². The maximum atomic E-state index is 10.7. The van der Waals surface area contributed by atoms with Crippen LogP contribution >= 0.6 is 0 Å². The molecule has 1 heteroatoms. The van der Waals surface area contributed by atoms with E-state index in [1.54, 1.807) is 6.92 Å². The van der Waals surface area contributed by atoms with Crippen molar-refractivity contribution in [3.63, 3.8) is 0 Å². The van der Waals surface area contributed by atoms with E-state index < -0.39 is 0 Å². The van der Waals surface area contributed by atoms with Crippen LogP contribution in [0, 0.1) is 0 Å². The van der Waals surface area contributed by atoms with Gasteiger partial charge in [-0.2, -0.15) is 0 Å². The van der Waals surface area contributed by atoms with Crippen LogP contribution in [-0.4, -0.2) is 5.78 Å². The van der Waals surface area contributed by atoms with Gasteiger partial charge in [0, 0.05) is 6.42 Å². The molecule has 14 heavy (non-hydrogen) atoms. The lowest BCUT2D eigenvalue weighted by molar-refractivity contribution is -0.117. The minimum Gasteiger partial charge on any atom is -0.300 e. The fourth-order valence-electron chi connectivity index (χ4n) is 1.37. The summed E-state index contributed by atoms with van der Waals surface area (Å²) in [5.74, 6) is 0.325. The van der Waals surface area contributed by atoms with Gasteiger partial charge < -0.3 is 4.79 Å². The summed E-state index contributed by atoms with van der Waals surface area (Å²) in [6.07, 6.45) is 6.80. The Morgan fingerprint density at radius 2 is 1.29 bits per heavy atom. The molecule has 0 heterocycles. The first-order valence-corrected chi connectivity index (χ1v) is 5.66. The van der Waals surface area contributed by atoms with Gasteiger partial charge in [0.15, 0.2) is 0 Å². The lowest BCUT2D eigenvalue weighted by Gasteiger charge is -2.03. The molecule has 0 aliphatic rings. The van der Waals surface area contributed by atoms with Crippen molar-refractivity contribution in [1.82, 2.24) is 0 Å². The zero-order valence-corrected chi connectivity index (χ0v) is 10.2. The average Bonchev–Trinajstić information content (AvgIpc) is 2.09. The third kappa shape index (κ3) is 8.03. The van der Waals surface area contributed by atoms with Gasteiger partial charge in [-0.15, -0.1) is 0 Å². The van der Waals surface area contributed by atoms with Gasteiger partial charge in [-0.1, -0.05) is 24.0 Å². The molecule has 1 nitrogen and oxygen atoms in total. The van der Waals surface area contributed by atoms with Crippen LogP contribution in [-0.2, 0) is 4.79 Å². The first kappa shape index (κ1) is 13.4. The normalized spacial score (nSPS) is 10.0. The fraction of sp³-hybridized carbons (Fsp3) is 0.769. The third-order valence-corrected chi connectivity index (χ3v) is 2.68. The van der Waals surface area contributed by atoms with Crippen LogP contribution in [0.4, 0.5) is 0 Å². The Kier molecular flexibility index (Phi) is 7.45. The molecule has 0 atom stereocenters. The van der Waals surface area contributed by atoms with Crippen LogP contribution < -0.4 is 0 Å². The highest BCUT2D eigenvalue weighted by atomic mass is 16.1. The van der Waals surface area contributed by atoms with Crippen LogP contribution in [0.25, 0.3) is 0 Å². The lowest BCUT2D eigenvalue weighted by atomic mass is 10.0. The van der Waals surface area contributed by atoms with Crippen molar-refractivity contribution < 1.29 is 4.79 Å². The molecule has 0 rings (SSSR count). The molecule has 0 fully saturated rings. The minimum absolute atomic E-state index is 0.325. The molecular weight excluding hydrogens is 172 g/mol. The van der Waals surface area contributed by atoms with Gasteiger partial charge in [-0.05, 0) is 47.0 Å². The quantitative estimate of drug-likeness (QED) is 0.439. The van der Waals surface area contributed by atoms with Crippen LogP contribution in [0.1, 0.15) is 66.2 Å². The number of unbranched alkanes of at least 4 members (excludes halogenated alkanes) is 3. The number of hydrogen-bond acceptors (Lipinski definition) is 1. The van der Waals surface area contributed by atoms with Crippen molar-refractivity contribution in [1.29, 1.82) is 0 Å². The molecule has 0 N–H and O–H groups in total. The number of rotatable bonds is 7. The third-order valence-electron chi connectivity index (χ3n) is 2.68. The van der Waals surface area contributed by atoms with E-state index in [0.29, 0.717) is 5.78 Å². The highest BCUT2D eigenvalue weighted by Crippen LogP contribution is 2.13. The average molecular weight is 196 g/mol. The number of carbonyl (C=O) groups excluding carboxylic acids is 1. The molecule has 0 bridgehead atoms. The molecule has 0 aliphatic carbocycles. The van der Waals surface area contributed by atoms with Gasteiger partial charge in [0.05, 0.1) is 0 Å². The molecule has 0 unspecified atom stereocenters. The number of hydrogen-bond donors (Lipinski definition) is 0. The largest absolute Gasteiger partial charge is 0.300 e. The molecule has 0 radical (unpaired) electrons. The van der Waals surface area contributed by atoms with Crippen LogP contribution in [0.5, 0.6) is 0 Å². The van der Waals surface area contributed by atoms with Crippen molar-refractivity contribution in [3.8, 4) is 0 Å². The zero-order valence-electron chi connectivity index (χ0n) is 10.2. The summed E-state index contributed by atoms with van der Waals surface area (Å²) >= 11 is 0. The molecule has 0 saturated carbocycles. The van der Waals surface area contributed by atoms with Crippen molar-refractivity contribution >= 4 is 5.78 Å². The van der Waals surface area contributed by atoms with Gasteiger partial charge in [-0.25, -0.2) is 0 Å². The summed E-state index contributed by atoms with van der Waals surface area (Å²) in [6, 6.07) is 0. The Morgan fingerprint density at radius 1 is 0.786 bits per heavy atom. The first-order chi connectivity index (χ1) is 6.54. The standard InChI is InChI=1S/C13H24O/c1-11(2)12(3)9-7-5-6-8-10-13(4)14/h5-10H2,1-4H3. The number of ketones is 1. The lowest BCUT2D eigenvalue weighted by Crippen LogP contribution is -1.89. The predicted molar refractivity (Wildman–Crippen MR) is 62.4 cm³/mol. The highest BCUT2D eigenvalue weighted by molar-refractivity contribution is 5.75. The zero-order chi connectivity index (χ0) is 11.0. The number of carbonyl (C=O) groups is 1. The maximum Gasteiger partial charge on any atom is 0.129 e. The Bertz CT molecular complexity index is 197. The second kappa shape index (κ2) is 7.78. The van der Waals surface area contributed by atoms with E-state index in [2.05, 4.69) is 20.8 Å². The Hall–Kier alpha value is -0.590. The maximum absolute atomic E-state index is 10.7. The second-order valence-corrected chi connectivity index (χ2v) is 4.40. The summed E-state index contributed by atoms with van der Waals surface area (Å²) in [4.78, 5) is 10.7. The Labute approximate surface area is 88.6 Å². The van der Waals surface area contributed by atoms with Crippen LogP contribution in [0.15, 0.2) is 11.1 Å². The molecule has 0 aromatic rings.